The molecular weight excluding hydrogens is 250 g/mol. The van der Waals surface area contributed by atoms with E-state index < -0.39 is 0 Å². The summed E-state index contributed by atoms with van der Waals surface area (Å²) in [6.07, 6.45) is 0.734. The van der Waals surface area contributed by atoms with Gasteiger partial charge in [-0.3, -0.25) is 9.59 Å². The number of rotatable bonds is 3. The number of hydrogen-bond donors (Lipinski definition) is 1. The summed E-state index contributed by atoms with van der Waals surface area (Å²) < 4.78 is 0. The van der Waals surface area contributed by atoms with E-state index in [0.29, 0.717) is 18.6 Å². The fourth-order valence-electron chi connectivity index (χ4n) is 1.73. The average molecular weight is 265 g/mol. The third-order valence-electron chi connectivity index (χ3n) is 3.01. The second-order valence-corrected chi connectivity index (χ2v) is 5.18. The van der Waals surface area contributed by atoms with Gasteiger partial charge in [0.05, 0.1) is 6.04 Å². The van der Waals surface area contributed by atoms with Crippen LogP contribution in [0, 0.1) is 0 Å². The van der Waals surface area contributed by atoms with Gasteiger partial charge < -0.3 is 4.90 Å². The number of carbonyl (C=O) groups excluding carboxylic acids is 2. The normalized spacial score (nSPS) is 16.8. The van der Waals surface area contributed by atoms with Crippen molar-refractivity contribution in [3.05, 3.63) is 22.4 Å². The van der Waals surface area contributed by atoms with Crippen molar-refractivity contribution in [3.63, 3.8) is 0 Å². The molecule has 0 aliphatic carbocycles. The van der Waals surface area contributed by atoms with Crippen LogP contribution in [0.15, 0.2) is 22.6 Å². The summed E-state index contributed by atoms with van der Waals surface area (Å²) in [6, 6.07) is 3.98. The van der Waals surface area contributed by atoms with Crippen molar-refractivity contribution in [2.75, 3.05) is 7.05 Å². The van der Waals surface area contributed by atoms with E-state index in [-0.39, 0.29) is 17.9 Å². The number of amides is 2. The molecule has 5 nitrogen and oxygen atoms in total. The molecule has 0 saturated heterocycles. The number of carbonyl (C=O) groups is 2. The van der Waals surface area contributed by atoms with Crippen LogP contribution in [-0.2, 0) is 9.59 Å². The summed E-state index contributed by atoms with van der Waals surface area (Å²) in [6.45, 7) is 1.98. The molecule has 0 radical (unpaired) electrons. The van der Waals surface area contributed by atoms with Gasteiger partial charge in [-0.25, -0.2) is 5.43 Å². The predicted octanol–water partition coefficient (Wildman–Crippen LogP) is 1.53. The maximum absolute atomic E-state index is 12.2. The molecule has 2 rings (SSSR count). The number of hydrogen-bond acceptors (Lipinski definition) is 4. The standard InChI is InChI=1S/C12H15N3O2S/c1-8(10-4-3-7-18-10)15(2)12(17)9-5-6-11(16)14-13-9/h3-4,7-8H,5-6H2,1-2H3,(H,14,16). The second-order valence-electron chi connectivity index (χ2n) is 4.20. The first-order chi connectivity index (χ1) is 8.59. The lowest BCUT2D eigenvalue weighted by atomic mass is 10.1. The van der Waals surface area contributed by atoms with Gasteiger partial charge in [0.2, 0.25) is 5.91 Å². The van der Waals surface area contributed by atoms with Crippen molar-refractivity contribution in [1.29, 1.82) is 0 Å². The molecule has 0 bridgehead atoms. The lowest BCUT2D eigenvalue weighted by Crippen LogP contribution is -2.39. The quantitative estimate of drug-likeness (QED) is 0.901. The predicted molar refractivity (Wildman–Crippen MR) is 70.3 cm³/mol. The third-order valence-corrected chi connectivity index (χ3v) is 4.05. The van der Waals surface area contributed by atoms with E-state index in [0.717, 1.165) is 4.88 Å². The fraction of sp³-hybridized carbons (Fsp3) is 0.417. The van der Waals surface area contributed by atoms with Crippen LogP contribution in [0.5, 0.6) is 0 Å². The highest BCUT2D eigenvalue weighted by molar-refractivity contribution is 7.10. The van der Waals surface area contributed by atoms with Crippen LogP contribution in [0.25, 0.3) is 0 Å². The highest BCUT2D eigenvalue weighted by atomic mass is 32.1. The summed E-state index contributed by atoms with van der Waals surface area (Å²) in [5, 5.41) is 5.81. The van der Waals surface area contributed by atoms with E-state index >= 15 is 0 Å². The Morgan fingerprint density at radius 2 is 2.33 bits per heavy atom. The zero-order valence-corrected chi connectivity index (χ0v) is 11.2. The largest absolute Gasteiger partial charge is 0.333 e. The highest BCUT2D eigenvalue weighted by Crippen LogP contribution is 2.23. The molecule has 1 aromatic rings. The van der Waals surface area contributed by atoms with Gasteiger partial charge in [-0.15, -0.1) is 11.3 Å². The van der Waals surface area contributed by atoms with Gasteiger partial charge in [-0.1, -0.05) is 6.07 Å². The van der Waals surface area contributed by atoms with Crippen molar-refractivity contribution in [2.45, 2.75) is 25.8 Å². The number of nitrogens with zero attached hydrogens (tertiary/aromatic N) is 2. The van der Waals surface area contributed by atoms with Crippen LogP contribution in [0.4, 0.5) is 0 Å². The maximum Gasteiger partial charge on any atom is 0.270 e. The number of hydrazone groups is 1. The van der Waals surface area contributed by atoms with Crippen LogP contribution in [0.1, 0.15) is 30.7 Å². The Labute approximate surface area is 109 Å². The van der Waals surface area contributed by atoms with Gasteiger partial charge in [0.1, 0.15) is 5.71 Å². The Hall–Kier alpha value is -1.69. The van der Waals surface area contributed by atoms with Crippen molar-refractivity contribution in [3.8, 4) is 0 Å². The SMILES string of the molecule is CC(c1cccs1)N(C)C(=O)C1=NNC(=O)CC1. The monoisotopic (exact) mass is 265 g/mol. The fourth-order valence-corrected chi connectivity index (χ4v) is 2.55. The molecule has 1 unspecified atom stereocenters. The van der Waals surface area contributed by atoms with Crippen LogP contribution >= 0.6 is 11.3 Å². The van der Waals surface area contributed by atoms with Crippen LogP contribution in [0.3, 0.4) is 0 Å². The second kappa shape index (κ2) is 5.30. The summed E-state index contributed by atoms with van der Waals surface area (Å²) in [5.74, 6) is -0.267. The molecule has 1 atom stereocenters. The summed E-state index contributed by atoms with van der Waals surface area (Å²) in [4.78, 5) is 26.0. The maximum atomic E-state index is 12.2. The molecule has 96 valence electrons. The topological polar surface area (TPSA) is 61.8 Å². The Bertz CT molecular complexity index is 482. The highest BCUT2D eigenvalue weighted by Gasteiger charge is 2.25. The van der Waals surface area contributed by atoms with Crippen LogP contribution in [0.2, 0.25) is 0 Å². The minimum absolute atomic E-state index is 0.0119. The molecule has 0 saturated carbocycles. The van der Waals surface area contributed by atoms with Gasteiger partial charge in [0, 0.05) is 24.8 Å². The molecular formula is C12H15N3O2S. The molecule has 1 aliphatic rings. The van der Waals surface area contributed by atoms with Gasteiger partial charge in [0.25, 0.3) is 5.91 Å². The third kappa shape index (κ3) is 2.59. The Morgan fingerprint density at radius 1 is 1.56 bits per heavy atom. The minimum Gasteiger partial charge on any atom is -0.333 e. The first kappa shape index (κ1) is 12.8. The molecule has 1 N–H and O–H groups in total. The smallest absolute Gasteiger partial charge is 0.270 e. The molecule has 0 fully saturated rings. The van der Waals surface area contributed by atoms with E-state index in [1.165, 1.54) is 0 Å². The molecule has 0 aromatic carbocycles. The van der Waals surface area contributed by atoms with Crippen molar-refractivity contribution < 1.29 is 9.59 Å². The Kier molecular flexibility index (Phi) is 3.76. The van der Waals surface area contributed by atoms with E-state index in [1.54, 1.807) is 23.3 Å². The number of thiophene rings is 1. The number of nitrogens with one attached hydrogen (secondary N) is 1. The first-order valence-corrected chi connectivity index (χ1v) is 6.63. The minimum atomic E-state index is -0.138. The summed E-state index contributed by atoms with van der Waals surface area (Å²) >= 11 is 1.62. The van der Waals surface area contributed by atoms with Gasteiger partial charge in [-0.05, 0) is 18.4 Å². The Balaban J connectivity index is 2.07. The first-order valence-electron chi connectivity index (χ1n) is 5.75. The van der Waals surface area contributed by atoms with Crippen molar-refractivity contribution >= 4 is 28.9 Å². The van der Waals surface area contributed by atoms with Crippen molar-refractivity contribution in [1.82, 2.24) is 10.3 Å². The lowest BCUT2D eigenvalue weighted by Gasteiger charge is -2.25. The molecule has 2 heterocycles. The van der Waals surface area contributed by atoms with E-state index in [2.05, 4.69) is 10.5 Å². The Morgan fingerprint density at radius 3 is 2.89 bits per heavy atom. The van der Waals surface area contributed by atoms with Gasteiger partial charge >= 0.3 is 0 Å². The lowest BCUT2D eigenvalue weighted by molar-refractivity contribution is -0.125. The van der Waals surface area contributed by atoms with Crippen LogP contribution in [-0.4, -0.2) is 29.5 Å². The molecule has 0 spiro atoms. The molecule has 1 aromatic heterocycles. The van der Waals surface area contributed by atoms with Gasteiger partial charge in [-0.2, -0.15) is 5.10 Å². The molecule has 18 heavy (non-hydrogen) atoms. The van der Waals surface area contributed by atoms with E-state index in [1.807, 2.05) is 24.4 Å². The summed E-state index contributed by atoms with van der Waals surface area (Å²) in [7, 11) is 1.76. The molecule has 6 heteroatoms. The van der Waals surface area contributed by atoms with E-state index in [9.17, 15) is 9.59 Å². The average Bonchev–Trinajstić information content (AvgIpc) is 2.91. The zero-order chi connectivity index (χ0) is 13.1. The molecule has 1 aliphatic heterocycles. The summed E-state index contributed by atoms with van der Waals surface area (Å²) in [5.41, 5.74) is 2.76. The zero-order valence-electron chi connectivity index (χ0n) is 10.3. The van der Waals surface area contributed by atoms with Crippen molar-refractivity contribution in [2.24, 2.45) is 5.10 Å². The van der Waals surface area contributed by atoms with Crippen LogP contribution < -0.4 is 5.43 Å². The molecule has 2 amide bonds. The van der Waals surface area contributed by atoms with E-state index in [4.69, 9.17) is 0 Å². The van der Waals surface area contributed by atoms with Gasteiger partial charge in [0.15, 0.2) is 0 Å².